The Hall–Kier alpha value is -1.42. The lowest BCUT2D eigenvalue weighted by Gasteiger charge is -2.13. The highest BCUT2D eigenvalue weighted by Crippen LogP contribution is 2.33. The summed E-state index contributed by atoms with van der Waals surface area (Å²) in [6.07, 6.45) is 0. The van der Waals surface area contributed by atoms with Gasteiger partial charge in [-0.25, -0.2) is 4.79 Å². The van der Waals surface area contributed by atoms with E-state index >= 15 is 0 Å². The molecule has 0 fully saturated rings. The van der Waals surface area contributed by atoms with E-state index in [9.17, 15) is 9.90 Å². The summed E-state index contributed by atoms with van der Waals surface area (Å²) in [5.41, 5.74) is 1.95. The zero-order valence-electron chi connectivity index (χ0n) is 10.4. The lowest BCUT2D eigenvalue weighted by atomic mass is 10.1. The van der Waals surface area contributed by atoms with Crippen LogP contribution in [0.5, 0.6) is 0 Å². The number of carboxylic acid groups (broad SMARTS) is 1. The summed E-state index contributed by atoms with van der Waals surface area (Å²) in [5.74, 6) is -1.06. The van der Waals surface area contributed by atoms with Crippen molar-refractivity contribution in [2.45, 2.75) is 6.92 Å². The van der Waals surface area contributed by atoms with E-state index in [0.29, 0.717) is 26.4 Å². The van der Waals surface area contributed by atoms with Crippen LogP contribution in [0.1, 0.15) is 15.9 Å². The molecule has 6 heteroatoms. The Morgan fingerprint density at radius 3 is 2.40 bits per heavy atom. The number of carbonyl (C=O) groups is 1. The number of halogens is 3. The molecule has 2 N–H and O–H groups in total. The van der Waals surface area contributed by atoms with Crippen molar-refractivity contribution < 1.29 is 9.90 Å². The third kappa shape index (κ3) is 3.01. The molecule has 0 aliphatic heterocycles. The van der Waals surface area contributed by atoms with Gasteiger partial charge in [0.25, 0.3) is 0 Å². The fourth-order valence-corrected chi connectivity index (χ4v) is 2.28. The Morgan fingerprint density at radius 2 is 1.75 bits per heavy atom. The van der Waals surface area contributed by atoms with Crippen LogP contribution in [0, 0.1) is 6.92 Å². The monoisotopic (exact) mass is 329 g/mol. The maximum atomic E-state index is 11.2. The molecule has 3 nitrogen and oxygen atoms in total. The average molecular weight is 331 g/mol. The predicted molar refractivity (Wildman–Crippen MR) is 82.9 cm³/mol. The maximum Gasteiger partial charge on any atom is 0.337 e. The van der Waals surface area contributed by atoms with Crippen LogP contribution in [0.15, 0.2) is 30.3 Å². The van der Waals surface area contributed by atoms with E-state index in [1.165, 1.54) is 6.07 Å². The number of nitrogens with one attached hydrogen (secondary N) is 1. The van der Waals surface area contributed by atoms with E-state index < -0.39 is 5.97 Å². The second kappa shape index (κ2) is 5.92. The molecule has 0 aliphatic rings. The van der Waals surface area contributed by atoms with Gasteiger partial charge < -0.3 is 10.4 Å². The highest BCUT2D eigenvalue weighted by Gasteiger charge is 2.13. The van der Waals surface area contributed by atoms with Gasteiger partial charge in [-0.15, -0.1) is 0 Å². The van der Waals surface area contributed by atoms with Crippen molar-refractivity contribution in [1.29, 1.82) is 0 Å². The smallest absolute Gasteiger partial charge is 0.337 e. The van der Waals surface area contributed by atoms with Crippen LogP contribution in [-0.4, -0.2) is 11.1 Å². The summed E-state index contributed by atoms with van der Waals surface area (Å²) in [5, 5.41) is 13.5. The van der Waals surface area contributed by atoms with Gasteiger partial charge in [0.2, 0.25) is 0 Å². The minimum absolute atomic E-state index is 0.0861. The molecule has 2 rings (SSSR count). The number of aromatic carboxylic acids is 1. The van der Waals surface area contributed by atoms with Crippen LogP contribution < -0.4 is 5.32 Å². The number of anilines is 2. The quantitative estimate of drug-likeness (QED) is 0.792. The number of benzene rings is 2. The molecule has 0 atom stereocenters. The number of hydrogen-bond donors (Lipinski definition) is 2. The lowest BCUT2D eigenvalue weighted by Crippen LogP contribution is -2.03. The van der Waals surface area contributed by atoms with Crippen molar-refractivity contribution in [3.8, 4) is 0 Å². The van der Waals surface area contributed by atoms with Gasteiger partial charge in [-0.3, -0.25) is 0 Å². The van der Waals surface area contributed by atoms with Gasteiger partial charge in [0.05, 0.1) is 21.3 Å². The van der Waals surface area contributed by atoms with E-state index in [2.05, 4.69) is 5.32 Å². The van der Waals surface area contributed by atoms with Crippen molar-refractivity contribution in [3.05, 3.63) is 56.5 Å². The molecule has 20 heavy (non-hydrogen) atoms. The molecule has 0 saturated heterocycles. The van der Waals surface area contributed by atoms with E-state index in [1.807, 2.05) is 0 Å². The first-order valence-corrected chi connectivity index (χ1v) is 6.78. The number of rotatable bonds is 3. The Balaban J connectivity index is 2.45. The Kier molecular flexibility index (Phi) is 4.43. The van der Waals surface area contributed by atoms with Crippen molar-refractivity contribution in [3.63, 3.8) is 0 Å². The van der Waals surface area contributed by atoms with E-state index in [1.54, 1.807) is 31.2 Å². The summed E-state index contributed by atoms with van der Waals surface area (Å²) in [4.78, 5) is 11.2. The largest absolute Gasteiger partial charge is 0.478 e. The minimum atomic E-state index is -1.06. The van der Waals surface area contributed by atoms with Crippen LogP contribution in [0.2, 0.25) is 15.1 Å². The number of carboxylic acids is 1. The topological polar surface area (TPSA) is 49.3 Å². The van der Waals surface area contributed by atoms with Gasteiger partial charge in [-0.05, 0) is 42.8 Å². The second-order valence-electron chi connectivity index (χ2n) is 4.15. The minimum Gasteiger partial charge on any atom is -0.478 e. The third-order valence-corrected chi connectivity index (χ3v) is 3.95. The Labute approximate surface area is 131 Å². The lowest BCUT2D eigenvalue weighted by molar-refractivity contribution is 0.0698. The molecule has 0 saturated carbocycles. The molecule has 0 unspecified atom stereocenters. The average Bonchev–Trinajstić information content (AvgIpc) is 2.41. The highest BCUT2D eigenvalue weighted by atomic mass is 35.5. The molecule has 0 amide bonds. The van der Waals surface area contributed by atoms with Gasteiger partial charge in [0.1, 0.15) is 0 Å². The molecule has 2 aromatic carbocycles. The van der Waals surface area contributed by atoms with Gasteiger partial charge in [0, 0.05) is 10.7 Å². The molecule has 0 aromatic heterocycles. The van der Waals surface area contributed by atoms with Crippen LogP contribution in [0.4, 0.5) is 11.4 Å². The molecular weight excluding hydrogens is 321 g/mol. The first-order valence-electron chi connectivity index (χ1n) is 5.64. The van der Waals surface area contributed by atoms with Gasteiger partial charge in [-0.1, -0.05) is 34.8 Å². The molecule has 0 radical (unpaired) electrons. The van der Waals surface area contributed by atoms with E-state index in [4.69, 9.17) is 34.8 Å². The standard InChI is InChI=1S/C14H10Cl3NO2/c1-7-11(5-3-10(16)13(7)17)18-12-4-2-8(15)6-9(12)14(19)20/h2-6,18H,1H3,(H,19,20). The molecule has 2 aromatic rings. The van der Waals surface area contributed by atoms with Crippen LogP contribution in [0.25, 0.3) is 0 Å². The van der Waals surface area contributed by atoms with Crippen molar-refractivity contribution in [2.24, 2.45) is 0 Å². The summed E-state index contributed by atoms with van der Waals surface area (Å²) in [6.45, 7) is 1.80. The predicted octanol–water partition coefficient (Wildman–Crippen LogP) is 5.40. The van der Waals surface area contributed by atoms with E-state index in [-0.39, 0.29) is 5.56 Å². The first-order chi connectivity index (χ1) is 9.40. The maximum absolute atomic E-state index is 11.2. The summed E-state index contributed by atoms with van der Waals surface area (Å²) in [7, 11) is 0. The van der Waals surface area contributed by atoms with Crippen molar-refractivity contribution in [1.82, 2.24) is 0 Å². The molecule has 104 valence electrons. The summed E-state index contributed by atoms with van der Waals surface area (Å²) >= 11 is 17.8. The summed E-state index contributed by atoms with van der Waals surface area (Å²) in [6, 6.07) is 8.00. The van der Waals surface area contributed by atoms with Crippen LogP contribution in [-0.2, 0) is 0 Å². The Bertz CT molecular complexity index is 686. The third-order valence-electron chi connectivity index (χ3n) is 2.82. The van der Waals surface area contributed by atoms with E-state index in [0.717, 1.165) is 5.56 Å². The van der Waals surface area contributed by atoms with Gasteiger partial charge in [0.15, 0.2) is 0 Å². The SMILES string of the molecule is Cc1c(Nc2ccc(Cl)cc2C(=O)O)ccc(Cl)c1Cl. The molecular formula is C14H10Cl3NO2. The van der Waals surface area contributed by atoms with Gasteiger partial charge >= 0.3 is 5.97 Å². The Morgan fingerprint density at radius 1 is 1.10 bits per heavy atom. The zero-order valence-corrected chi connectivity index (χ0v) is 12.6. The van der Waals surface area contributed by atoms with Gasteiger partial charge in [-0.2, -0.15) is 0 Å². The summed E-state index contributed by atoms with van der Waals surface area (Å²) < 4.78 is 0. The molecule has 0 spiro atoms. The first kappa shape index (κ1) is 15.0. The fraction of sp³-hybridized carbons (Fsp3) is 0.0714. The zero-order chi connectivity index (χ0) is 14.9. The number of hydrogen-bond acceptors (Lipinski definition) is 2. The highest BCUT2D eigenvalue weighted by molar-refractivity contribution is 6.42. The van der Waals surface area contributed by atoms with Crippen molar-refractivity contribution >= 4 is 52.1 Å². The second-order valence-corrected chi connectivity index (χ2v) is 5.38. The molecule has 0 bridgehead atoms. The normalized spacial score (nSPS) is 10.4. The molecule has 0 heterocycles. The van der Waals surface area contributed by atoms with Crippen LogP contribution in [0.3, 0.4) is 0 Å². The molecule has 0 aliphatic carbocycles. The fourth-order valence-electron chi connectivity index (χ4n) is 1.73. The van der Waals surface area contributed by atoms with Crippen LogP contribution >= 0.6 is 34.8 Å². The van der Waals surface area contributed by atoms with Crippen molar-refractivity contribution in [2.75, 3.05) is 5.32 Å².